The van der Waals surface area contributed by atoms with Crippen molar-refractivity contribution in [2.24, 2.45) is 0 Å². The number of hydrogen-bond acceptors (Lipinski definition) is 6. The van der Waals surface area contributed by atoms with Gasteiger partial charge in [0.1, 0.15) is 0 Å². The van der Waals surface area contributed by atoms with Gasteiger partial charge in [0.15, 0.2) is 5.82 Å². The van der Waals surface area contributed by atoms with Gasteiger partial charge in [0.25, 0.3) is 0 Å². The van der Waals surface area contributed by atoms with Gasteiger partial charge < -0.3 is 9.84 Å². The summed E-state index contributed by atoms with van der Waals surface area (Å²) in [5, 5.41) is 6.68. The Balaban J connectivity index is 1.64. The summed E-state index contributed by atoms with van der Waals surface area (Å²) in [6.07, 6.45) is 6.97. The van der Waals surface area contributed by atoms with Crippen LogP contribution < -0.4 is 5.32 Å². The van der Waals surface area contributed by atoms with E-state index in [1.807, 2.05) is 0 Å². The highest BCUT2D eigenvalue weighted by Crippen LogP contribution is 2.21. The lowest BCUT2D eigenvalue weighted by Crippen LogP contribution is -2.41. The highest BCUT2D eigenvalue weighted by atomic mass is 32.2. The van der Waals surface area contributed by atoms with Crippen molar-refractivity contribution in [2.75, 3.05) is 13.1 Å². The predicted molar refractivity (Wildman–Crippen MR) is 113 cm³/mol. The SMILES string of the molecule is Cc1nc(C(C)(C)NC(=O)/C=C/c2ccc(S(=O)(=O)N3CCCCCC3)cc2)no1. The van der Waals surface area contributed by atoms with Gasteiger partial charge in [-0.15, -0.1) is 0 Å². The van der Waals surface area contributed by atoms with Crippen LogP contribution in [0.25, 0.3) is 6.08 Å². The fraction of sp³-hybridized carbons (Fsp3) is 0.476. The summed E-state index contributed by atoms with van der Waals surface area (Å²) in [5.74, 6) is 0.506. The number of carbonyl (C=O) groups excluding carboxylic acids is 1. The molecule has 1 aliphatic heterocycles. The molecule has 1 fully saturated rings. The van der Waals surface area contributed by atoms with Crippen molar-refractivity contribution in [3.8, 4) is 0 Å². The monoisotopic (exact) mass is 432 g/mol. The molecule has 1 aromatic heterocycles. The van der Waals surface area contributed by atoms with Crippen LogP contribution in [0.5, 0.6) is 0 Å². The average Bonchev–Trinajstić information content (AvgIpc) is 2.97. The van der Waals surface area contributed by atoms with Gasteiger partial charge in [-0.25, -0.2) is 8.42 Å². The molecule has 1 aromatic carbocycles. The fourth-order valence-corrected chi connectivity index (χ4v) is 4.83. The summed E-state index contributed by atoms with van der Waals surface area (Å²) in [4.78, 5) is 16.7. The smallest absolute Gasteiger partial charge is 0.244 e. The first kappa shape index (κ1) is 22.2. The molecule has 30 heavy (non-hydrogen) atoms. The number of hydrogen-bond donors (Lipinski definition) is 1. The van der Waals surface area contributed by atoms with E-state index in [0.29, 0.717) is 24.8 Å². The van der Waals surface area contributed by atoms with Crippen LogP contribution in [0.3, 0.4) is 0 Å². The van der Waals surface area contributed by atoms with Crippen LogP contribution in [0, 0.1) is 6.92 Å². The van der Waals surface area contributed by atoms with Gasteiger partial charge in [0.2, 0.25) is 21.8 Å². The molecule has 1 aliphatic rings. The van der Waals surface area contributed by atoms with E-state index in [-0.39, 0.29) is 10.8 Å². The number of amides is 1. The number of carbonyl (C=O) groups is 1. The Morgan fingerprint density at radius 3 is 2.33 bits per heavy atom. The molecule has 0 aliphatic carbocycles. The third-order valence-corrected chi connectivity index (χ3v) is 6.95. The molecule has 1 N–H and O–H groups in total. The molecule has 2 aromatic rings. The van der Waals surface area contributed by atoms with Gasteiger partial charge in [-0.05, 0) is 50.5 Å². The lowest BCUT2D eigenvalue weighted by molar-refractivity contribution is -0.118. The number of aryl methyl sites for hydroxylation is 1. The highest BCUT2D eigenvalue weighted by Gasteiger charge is 2.27. The second-order valence-electron chi connectivity index (χ2n) is 7.97. The number of aromatic nitrogens is 2. The van der Waals surface area contributed by atoms with E-state index in [1.54, 1.807) is 55.4 Å². The maximum absolute atomic E-state index is 12.8. The molecule has 0 unspecified atom stereocenters. The van der Waals surface area contributed by atoms with Crippen LogP contribution >= 0.6 is 0 Å². The largest absolute Gasteiger partial charge is 0.340 e. The molecule has 8 nitrogen and oxygen atoms in total. The second-order valence-corrected chi connectivity index (χ2v) is 9.91. The molecule has 162 valence electrons. The third kappa shape index (κ3) is 5.34. The standard InChI is InChI=1S/C21H28N4O4S/c1-16-22-20(24-29-16)21(2,3)23-19(26)13-10-17-8-11-18(12-9-17)30(27,28)25-14-6-4-5-7-15-25/h8-13H,4-7,14-15H2,1-3H3,(H,23,26)/b13-10+. The zero-order valence-corrected chi connectivity index (χ0v) is 18.4. The summed E-state index contributed by atoms with van der Waals surface area (Å²) in [6.45, 7) is 6.39. The molecular formula is C21H28N4O4S. The summed E-state index contributed by atoms with van der Waals surface area (Å²) in [5.41, 5.74) is -0.0576. The van der Waals surface area contributed by atoms with Crippen molar-refractivity contribution in [1.82, 2.24) is 19.8 Å². The summed E-state index contributed by atoms with van der Waals surface area (Å²) in [7, 11) is -3.48. The van der Waals surface area contributed by atoms with Crippen molar-refractivity contribution in [3.05, 3.63) is 47.6 Å². The van der Waals surface area contributed by atoms with Crippen molar-refractivity contribution < 1.29 is 17.7 Å². The van der Waals surface area contributed by atoms with Gasteiger partial charge in [-0.2, -0.15) is 9.29 Å². The van der Waals surface area contributed by atoms with E-state index in [9.17, 15) is 13.2 Å². The minimum absolute atomic E-state index is 0.277. The Labute approximate surface area is 177 Å². The molecule has 0 atom stereocenters. The third-order valence-electron chi connectivity index (χ3n) is 5.03. The fourth-order valence-electron chi connectivity index (χ4n) is 3.31. The normalized spacial score (nSPS) is 16.5. The van der Waals surface area contributed by atoms with Crippen molar-refractivity contribution in [2.45, 2.75) is 56.9 Å². The molecule has 0 radical (unpaired) electrons. The number of nitrogens with one attached hydrogen (secondary N) is 1. The second kappa shape index (κ2) is 9.09. The first-order chi connectivity index (χ1) is 14.2. The number of rotatable bonds is 6. The van der Waals surface area contributed by atoms with Crippen LogP contribution in [-0.2, 0) is 20.4 Å². The first-order valence-electron chi connectivity index (χ1n) is 10.1. The minimum atomic E-state index is -3.48. The minimum Gasteiger partial charge on any atom is -0.340 e. The Morgan fingerprint density at radius 1 is 1.13 bits per heavy atom. The Morgan fingerprint density at radius 2 is 1.77 bits per heavy atom. The zero-order chi connectivity index (χ0) is 21.8. The van der Waals surface area contributed by atoms with Gasteiger partial charge in [-0.3, -0.25) is 4.79 Å². The maximum Gasteiger partial charge on any atom is 0.244 e. The van der Waals surface area contributed by atoms with Crippen LogP contribution in [0.4, 0.5) is 0 Å². The van der Waals surface area contributed by atoms with Gasteiger partial charge in [-0.1, -0.05) is 30.1 Å². The predicted octanol–water partition coefficient (Wildman–Crippen LogP) is 3.01. The number of benzene rings is 1. The Kier molecular flexibility index (Phi) is 6.72. The van der Waals surface area contributed by atoms with Crippen LogP contribution in [0.2, 0.25) is 0 Å². The van der Waals surface area contributed by atoms with E-state index in [1.165, 1.54) is 6.08 Å². The molecule has 1 amide bonds. The van der Waals surface area contributed by atoms with Crippen molar-refractivity contribution in [3.63, 3.8) is 0 Å². The Hall–Kier alpha value is -2.52. The van der Waals surface area contributed by atoms with Crippen molar-refractivity contribution in [1.29, 1.82) is 0 Å². The molecule has 0 spiro atoms. The van der Waals surface area contributed by atoms with E-state index in [0.717, 1.165) is 31.2 Å². The van der Waals surface area contributed by atoms with Crippen LogP contribution in [0.15, 0.2) is 39.8 Å². The molecule has 9 heteroatoms. The van der Waals surface area contributed by atoms with Crippen LogP contribution in [-0.4, -0.2) is 41.9 Å². The zero-order valence-electron chi connectivity index (χ0n) is 17.6. The molecule has 1 saturated heterocycles. The number of sulfonamides is 1. The first-order valence-corrected chi connectivity index (χ1v) is 11.5. The van der Waals surface area contributed by atoms with E-state index >= 15 is 0 Å². The van der Waals surface area contributed by atoms with E-state index in [4.69, 9.17) is 4.52 Å². The lowest BCUT2D eigenvalue weighted by atomic mass is 10.0. The average molecular weight is 433 g/mol. The van der Waals surface area contributed by atoms with Crippen molar-refractivity contribution >= 4 is 22.0 Å². The lowest BCUT2D eigenvalue weighted by Gasteiger charge is -2.21. The van der Waals surface area contributed by atoms with Crippen LogP contribution in [0.1, 0.15) is 56.8 Å². The number of nitrogens with zero attached hydrogens (tertiary/aromatic N) is 3. The Bertz CT molecular complexity index is 1000. The molecule has 0 bridgehead atoms. The molecule has 3 rings (SSSR count). The quantitative estimate of drug-likeness (QED) is 0.704. The van der Waals surface area contributed by atoms with Gasteiger partial charge in [0, 0.05) is 26.1 Å². The van der Waals surface area contributed by atoms with Gasteiger partial charge in [0.05, 0.1) is 10.4 Å². The summed E-state index contributed by atoms with van der Waals surface area (Å²) < 4.78 is 32.2. The van der Waals surface area contributed by atoms with Gasteiger partial charge >= 0.3 is 0 Å². The highest BCUT2D eigenvalue weighted by molar-refractivity contribution is 7.89. The molecule has 0 saturated carbocycles. The summed E-state index contributed by atoms with van der Waals surface area (Å²) >= 11 is 0. The molecule has 2 heterocycles. The molecular weight excluding hydrogens is 404 g/mol. The van der Waals surface area contributed by atoms with E-state index in [2.05, 4.69) is 15.5 Å². The maximum atomic E-state index is 12.8. The van der Waals surface area contributed by atoms with E-state index < -0.39 is 15.6 Å². The topological polar surface area (TPSA) is 105 Å². The summed E-state index contributed by atoms with van der Waals surface area (Å²) in [6, 6.07) is 6.57.